The van der Waals surface area contributed by atoms with Gasteiger partial charge in [0.05, 0.1) is 6.10 Å². The Morgan fingerprint density at radius 1 is 1.40 bits per heavy atom. The molecule has 6 heteroatoms. The van der Waals surface area contributed by atoms with Crippen molar-refractivity contribution >= 4 is 39.3 Å². The average Bonchev–Trinajstić information content (AvgIpc) is 2.73. The summed E-state index contributed by atoms with van der Waals surface area (Å²) in [5.41, 5.74) is 1.23. The van der Waals surface area contributed by atoms with Gasteiger partial charge in [-0.2, -0.15) is 4.57 Å². The summed E-state index contributed by atoms with van der Waals surface area (Å²) >= 11 is 3.28. The van der Waals surface area contributed by atoms with Crippen molar-refractivity contribution in [2.45, 2.75) is 37.8 Å². The number of nitrogens with zero attached hydrogens (tertiary/aromatic N) is 1. The first-order chi connectivity index (χ1) is 9.11. The molecule has 0 saturated carbocycles. The molecule has 1 heterocycles. The van der Waals surface area contributed by atoms with Crippen molar-refractivity contribution in [2.24, 2.45) is 0 Å². The first kappa shape index (κ1) is 17.5. The van der Waals surface area contributed by atoms with E-state index in [1.165, 1.54) is 10.2 Å². The number of carbonyl (C=O) groups excluding carboxylic acids is 1. The van der Waals surface area contributed by atoms with Crippen molar-refractivity contribution < 1.29 is 31.1 Å². The first-order valence-electron chi connectivity index (χ1n) is 6.35. The highest BCUT2D eigenvalue weighted by Crippen LogP contribution is 2.27. The van der Waals surface area contributed by atoms with E-state index in [-0.39, 0.29) is 29.1 Å². The fourth-order valence-corrected chi connectivity index (χ4v) is 4.17. The predicted octanol–water partition coefficient (Wildman–Crippen LogP) is 0.256. The number of aryl methyl sites for hydroxylation is 1. The predicted molar refractivity (Wildman–Crippen MR) is 79.6 cm³/mol. The van der Waals surface area contributed by atoms with E-state index in [4.69, 9.17) is 4.74 Å². The van der Waals surface area contributed by atoms with Crippen molar-refractivity contribution in [2.75, 3.05) is 5.75 Å². The van der Waals surface area contributed by atoms with Crippen LogP contribution in [0, 0.1) is 0 Å². The minimum Gasteiger partial charge on any atom is -1.00 e. The molecule has 0 fully saturated rings. The van der Waals surface area contributed by atoms with Gasteiger partial charge < -0.3 is 21.7 Å². The number of halogens is 1. The van der Waals surface area contributed by atoms with E-state index in [2.05, 4.69) is 23.6 Å². The zero-order valence-corrected chi connectivity index (χ0v) is 15.0. The number of benzene rings is 1. The normalized spacial score (nSPS) is 10.6. The monoisotopic (exact) mass is 375 g/mol. The third-order valence-corrected chi connectivity index (χ3v) is 4.98. The van der Waals surface area contributed by atoms with Crippen molar-refractivity contribution in [3.05, 3.63) is 24.3 Å². The second kappa shape index (κ2) is 8.00. The van der Waals surface area contributed by atoms with Gasteiger partial charge in [-0.25, -0.2) is 0 Å². The number of esters is 1. The minimum atomic E-state index is -0.153. The Bertz CT molecular complexity index is 584. The van der Waals surface area contributed by atoms with Gasteiger partial charge in [0.25, 0.3) is 4.34 Å². The first-order valence-corrected chi connectivity index (χ1v) is 8.15. The van der Waals surface area contributed by atoms with E-state index in [1.807, 2.05) is 26.0 Å². The molecule has 20 heavy (non-hydrogen) atoms. The molecule has 0 saturated heterocycles. The molecule has 0 atom stereocenters. The van der Waals surface area contributed by atoms with Gasteiger partial charge in [-0.3, -0.25) is 4.79 Å². The minimum absolute atomic E-state index is 0. The molecule has 0 unspecified atom stereocenters. The fourth-order valence-electron chi connectivity index (χ4n) is 1.84. The largest absolute Gasteiger partial charge is 1.00 e. The van der Waals surface area contributed by atoms with Crippen LogP contribution in [0.2, 0.25) is 0 Å². The highest BCUT2D eigenvalue weighted by atomic mass is 79.9. The van der Waals surface area contributed by atoms with Crippen LogP contribution in [-0.4, -0.2) is 17.8 Å². The fraction of sp³-hybridized carbons (Fsp3) is 0.429. The number of ether oxygens (including phenoxy) is 1. The molecular weight excluding hydrogens is 358 g/mol. The molecular formula is C14H18BrNO2S2. The van der Waals surface area contributed by atoms with Crippen LogP contribution in [0.1, 0.15) is 20.8 Å². The number of hydrogen-bond acceptors (Lipinski definition) is 4. The van der Waals surface area contributed by atoms with Crippen LogP contribution in [0.15, 0.2) is 28.6 Å². The van der Waals surface area contributed by atoms with Gasteiger partial charge in [0.15, 0.2) is 0 Å². The molecule has 0 radical (unpaired) electrons. The van der Waals surface area contributed by atoms with Gasteiger partial charge in [-0.05, 0) is 38.6 Å². The lowest BCUT2D eigenvalue weighted by atomic mass is 10.3. The second-order valence-electron chi connectivity index (χ2n) is 4.41. The Balaban J connectivity index is 0.00000200. The number of hydrogen-bond donors (Lipinski definition) is 0. The smallest absolute Gasteiger partial charge is 0.316 e. The highest BCUT2D eigenvalue weighted by molar-refractivity contribution is 8.01. The molecule has 1 aromatic heterocycles. The molecule has 1 aromatic carbocycles. The molecule has 0 aliphatic heterocycles. The summed E-state index contributed by atoms with van der Waals surface area (Å²) in [5, 5.41) is 0. The zero-order chi connectivity index (χ0) is 13.8. The van der Waals surface area contributed by atoms with Crippen LogP contribution in [0.5, 0.6) is 0 Å². The van der Waals surface area contributed by atoms with Gasteiger partial charge in [0, 0.05) is 6.07 Å². The Morgan fingerprint density at radius 2 is 2.10 bits per heavy atom. The number of thiazole rings is 1. The van der Waals surface area contributed by atoms with Crippen LogP contribution in [0.3, 0.4) is 0 Å². The number of para-hydroxylation sites is 1. The van der Waals surface area contributed by atoms with Crippen LogP contribution in [0.4, 0.5) is 0 Å². The lowest BCUT2D eigenvalue weighted by Gasteiger charge is -2.05. The number of aromatic nitrogens is 1. The molecule has 2 rings (SSSR count). The number of thioether (sulfide) groups is 1. The third-order valence-electron chi connectivity index (χ3n) is 2.57. The molecule has 0 aliphatic carbocycles. The summed E-state index contributed by atoms with van der Waals surface area (Å²) in [4.78, 5) is 11.6. The SMILES string of the molecule is CC[n+]1c(SCC(=O)OC(C)C)sc2ccccc21.[Br-]. The average molecular weight is 376 g/mol. The summed E-state index contributed by atoms with van der Waals surface area (Å²) in [6, 6.07) is 8.32. The molecule has 0 aliphatic rings. The maximum atomic E-state index is 11.6. The van der Waals surface area contributed by atoms with Crippen molar-refractivity contribution in [1.29, 1.82) is 0 Å². The van der Waals surface area contributed by atoms with E-state index in [0.29, 0.717) is 5.75 Å². The van der Waals surface area contributed by atoms with Crippen molar-refractivity contribution in [1.82, 2.24) is 0 Å². The Morgan fingerprint density at radius 3 is 2.75 bits per heavy atom. The Kier molecular flexibility index (Phi) is 6.99. The van der Waals surface area contributed by atoms with Crippen molar-refractivity contribution in [3.63, 3.8) is 0 Å². The molecule has 0 spiro atoms. The lowest BCUT2D eigenvalue weighted by Crippen LogP contribution is -3.00. The maximum Gasteiger partial charge on any atom is 0.316 e. The standard InChI is InChI=1S/C14H18NO2S2.BrH/c1-4-15-11-7-5-6-8-12(11)19-14(15)18-9-13(16)17-10(2)3;/h5-8,10H,4,9H2,1-3H3;1H/q+1;/p-1. The van der Waals surface area contributed by atoms with Gasteiger partial charge in [0.1, 0.15) is 17.0 Å². The number of carbonyl (C=O) groups is 1. The van der Waals surface area contributed by atoms with Crippen LogP contribution < -0.4 is 21.5 Å². The van der Waals surface area contributed by atoms with Crippen molar-refractivity contribution in [3.8, 4) is 0 Å². The molecule has 0 bridgehead atoms. The van der Waals surface area contributed by atoms with Crippen LogP contribution in [0.25, 0.3) is 10.2 Å². The van der Waals surface area contributed by atoms with E-state index in [0.717, 1.165) is 10.9 Å². The second-order valence-corrected chi connectivity index (χ2v) is 6.66. The topological polar surface area (TPSA) is 30.2 Å². The van der Waals surface area contributed by atoms with Gasteiger partial charge in [-0.1, -0.05) is 23.5 Å². The van der Waals surface area contributed by atoms with Gasteiger partial charge in [0.2, 0.25) is 5.52 Å². The summed E-state index contributed by atoms with van der Waals surface area (Å²) in [5.74, 6) is 0.213. The summed E-state index contributed by atoms with van der Waals surface area (Å²) in [6.07, 6.45) is -0.0474. The van der Waals surface area contributed by atoms with Crippen LogP contribution >= 0.6 is 23.1 Å². The van der Waals surface area contributed by atoms with Gasteiger partial charge in [-0.15, -0.1) is 0 Å². The summed E-state index contributed by atoms with van der Waals surface area (Å²) in [6.45, 7) is 6.77. The Hall–Kier alpha value is -0.590. The van der Waals surface area contributed by atoms with E-state index in [9.17, 15) is 4.79 Å². The quantitative estimate of drug-likeness (QED) is 0.426. The number of fused-ring (bicyclic) bond motifs is 1. The third kappa shape index (κ3) is 4.20. The van der Waals surface area contributed by atoms with Crippen LogP contribution in [-0.2, 0) is 16.1 Å². The van der Waals surface area contributed by atoms with E-state index >= 15 is 0 Å². The molecule has 2 aromatic rings. The van der Waals surface area contributed by atoms with E-state index in [1.54, 1.807) is 23.1 Å². The lowest BCUT2D eigenvalue weighted by molar-refractivity contribution is -0.698. The molecule has 0 amide bonds. The molecule has 110 valence electrons. The molecule has 0 N–H and O–H groups in total. The number of rotatable bonds is 5. The summed E-state index contributed by atoms with van der Waals surface area (Å²) in [7, 11) is 0. The zero-order valence-electron chi connectivity index (χ0n) is 11.8. The van der Waals surface area contributed by atoms with E-state index < -0.39 is 0 Å². The van der Waals surface area contributed by atoms with Gasteiger partial charge >= 0.3 is 5.97 Å². The Labute approximate surface area is 138 Å². The summed E-state index contributed by atoms with van der Waals surface area (Å²) < 4.78 is 9.81. The molecule has 3 nitrogen and oxygen atoms in total. The maximum absolute atomic E-state index is 11.6. The highest BCUT2D eigenvalue weighted by Gasteiger charge is 2.20.